The average molecular weight is 326 g/mol. The van der Waals surface area contributed by atoms with Gasteiger partial charge in [0.25, 0.3) is 0 Å². The Hall–Kier alpha value is -3.68. The molecule has 0 aliphatic carbocycles. The number of rotatable bonds is 3. The van der Waals surface area contributed by atoms with Crippen molar-refractivity contribution in [2.45, 2.75) is 0 Å². The fourth-order valence-corrected chi connectivity index (χ4v) is 1.04. The summed E-state index contributed by atoms with van der Waals surface area (Å²) in [6, 6.07) is 22.0. The van der Waals surface area contributed by atoms with Gasteiger partial charge in [-0.15, -0.1) is 10.2 Å². The molecule has 2 rings (SSSR count). The van der Waals surface area contributed by atoms with Gasteiger partial charge in [-0.1, -0.05) is 79.4 Å². The van der Waals surface area contributed by atoms with Crippen LogP contribution in [0, 0.1) is 11.1 Å². The first-order chi connectivity index (χ1) is 11.8. The van der Waals surface area contributed by atoms with E-state index in [9.17, 15) is 0 Å². The van der Waals surface area contributed by atoms with Crippen LogP contribution in [0.25, 0.3) is 6.08 Å². The lowest BCUT2D eigenvalue weighted by Crippen LogP contribution is -1.75. The molecule has 0 radical (unpaired) electrons. The number of hydrogen-bond acceptors (Lipinski definition) is 6. The minimum Gasteiger partial charge on any atom is -0.322 e. The van der Waals surface area contributed by atoms with Crippen LogP contribution >= 0.6 is 0 Å². The van der Waals surface area contributed by atoms with Crippen LogP contribution in [0.1, 0.15) is 5.56 Å². The maximum Gasteiger partial charge on any atom is 0.156 e. The van der Waals surface area contributed by atoms with Crippen LogP contribution < -0.4 is 11.7 Å². The predicted molar refractivity (Wildman–Crippen MR) is 98.6 cm³/mol. The summed E-state index contributed by atoms with van der Waals surface area (Å²) >= 11 is 0. The number of nitrogens with one attached hydrogen (secondary N) is 2. The van der Waals surface area contributed by atoms with Gasteiger partial charge in [-0.3, -0.25) is 0 Å². The zero-order chi connectivity index (χ0) is 18.3. The third-order valence-corrected chi connectivity index (χ3v) is 1.95. The van der Waals surface area contributed by atoms with Gasteiger partial charge in [0.2, 0.25) is 0 Å². The summed E-state index contributed by atoms with van der Waals surface area (Å²) in [6.07, 6.45) is 3.72. The van der Waals surface area contributed by atoms with Crippen LogP contribution in [0.5, 0.6) is 0 Å². The van der Waals surface area contributed by atoms with Gasteiger partial charge in [0.1, 0.15) is 0 Å². The van der Waals surface area contributed by atoms with E-state index < -0.39 is 0 Å². The standard InChI is InChI=1S/C8H8.C6H6.2CH4N4/c1-2-8-6-4-3-5-7-8;1-2-4-6-5-3-1;2*2-4-1-5-3/h2-7H,1H2;1-6H;2*1-2H,3H2. The normalized spacial score (nSPS) is 8.50. The highest BCUT2D eigenvalue weighted by Crippen LogP contribution is 1.97. The van der Waals surface area contributed by atoms with E-state index >= 15 is 0 Å². The molecular weight excluding hydrogens is 304 g/mol. The second kappa shape index (κ2) is 21.6. The number of benzene rings is 2. The second-order valence-electron chi connectivity index (χ2n) is 3.56. The molecule has 0 atom stereocenters. The molecule has 0 aromatic heterocycles. The zero-order valence-electron chi connectivity index (χ0n) is 13.2. The average Bonchev–Trinajstić information content (AvgIpc) is 2.67. The molecule has 2 aromatic carbocycles. The summed E-state index contributed by atoms with van der Waals surface area (Å²) in [4.78, 5) is 0. The van der Waals surface area contributed by atoms with Crippen molar-refractivity contribution >= 4 is 18.8 Å². The summed E-state index contributed by atoms with van der Waals surface area (Å²) in [5, 5.41) is 11.1. The van der Waals surface area contributed by atoms with Crippen molar-refractivity contribution in [2.24, 2.45) is 32.1 Å². The lowest BCUT2D eigenvalue weighted by atomic mass is 10.2. The van der Waals surface area contributed by atoms with Crippen LogP contribution in [0.4, 0.5) is 0 Å². The van der Waals surface area contributed by atoms with Crippen LogP contribution in [0.2, 0.25) is 0 Å². The van der Waals surface area contributed by atoms with Crippen LogP contribution in [-0.4, -0.2) is 12.7 Å². The Bertz CT molecular complexity index is 524. The summed E-state index contributed by atoms with van der Waals surface area (Å²) in [7, 11) is 0. The second-order valence-corrected chi connectivity index (χ2v) is 3.56. The van der Waals surface area contributed by atoms with Gasteiger partial charge >= 0.3 is 0 Å². The van der Waals surface area contributed by atoms with Gasteiger partial charge in [0, 0.05) is 0 Å². The topological polar surface area (TPSA) is 149 Å². The SMILES string of the molecule is C=Cc1ccccc1.N=NC=NN.N=NC=NN.c1ccccc1. The molecular formula is C16H22N8. The summed E-state index contributed by atoms with van der Waals surface area (Å²) in [5.41, 5.74) is 13.2. The highest BCUT2D eigenvalue weighted by atomic mass is 15.2. The van der Waals surface area contributed by atoms with Crippen molar-refractivity contribution in [1.82, 2.24) is 0 Å². The van der Waals surface area contributed by atoms with Crippen molar-refractivity contribution in [3.05, 3.63) is 78.9 Å². The van der Waals surface area contributed by atoms with Crippen LogP contribution in [0.15, 0.2) is 93.7 Å². The highest BCUT2D eigenvalue weighted by molar-refractivity contribution is 5.53. The third-order valence-electron chi connectivity index (χ3n) is 1.95. The van der Waals surface area contributed by atoms with Gasteiger partial charge in [-0.2, -0.15) is 10.2 Å². The van der Waals surface area contributed by atoms with Crippen molar-refractivity contribution < 1.29 is 0 Å². The molecule has 0 bridgehead atoms. The molecule has 8 nitrogen and oxygen atoms in total. The van der Waals surface area contributed by atoms with E-state index in [0.717, 1.165) is 12.7 Å². The third kappa shape index (κ3) is 20.6. The molecule has 0 aliphatic heterocycles. The Morgan fingerprint density at radius 1 is 0.708 bits per heavy atom. The van der Waals surface area contributed by atoms with E-state index in [2.05, 4.69) is 38.7 Å². The Kier molecular flexibility index (Phi) is 20.4. The predicted octanol–water partition coefficient (Wildman–Crippen LogP) is 3.85. The van der Waals surface area contributed by atoms with Crippen molar-refractivity contribution in [3.8, 4) is 0 Å². The lowest BCUT2D eigenvalue weighted by molar-refractivity contribution is 1.17. The van der Waals surface area contributed by atoms with Crippen molar-refractivity contribution in [2.75, 3.05) is 0 Å². The minimum absolute atomic E-state index is 0.944. The molecule has 0 spiro atoms. The van der Waals surface area contributed by atoms with E-state index in [0.29, 0.717) is 0 Å². The maximum absolute atomic E-state index is 6.00. The summed E-state index contributed by atoms with van der Waals surface area (Å²) in [6.45, 7) is 3.63. The number of nitrogens with zero attached hydrogens (tertiary/aromatic N) is 4. The van der Waals surface area contributed by atoms with Gasteiger partial charge in [-0.05, 0) is 5.56 Å². The Labute approximate surface area is 141 Å². The fourth-order valence-electron chi connectivity index (χ4n) is 1.04. The van der Waals surface area contributed by atoms with E-state index in [1.807, 2.05) is 72.8 Å². The van der Waals surface area contributed by atoms with Crippen molar-refractivity contribution in [1.29, 1.82) is 11.1 Å². The van der Waals surface area contributed by atoms with E-state index in [4.69, 9.17) is 11.1 Å². The van der Waals surface area contributed by atoms with Crippen LogP contribution in [-0.2, 0) is 0 Å². The molecule has 0 saturated heterocycles. The largest absolute Gasteiger partial charge is 0.322 e. The number of hydrogen-bond donors (Lipinski definition) is 4. The van der Waals surface area contributed by atoms with Gasteiger partial charge in [-0.25, -0.2) is 11.1 Å². The van der Waals surface area contributed by atoms with Crippen molar-refractivity contribution in [3.63, 3.8) is 0 Å². The van der Waals surface area contributed by atoms with Gasteiger partial charge in [0.15, 0.2) is 12.7 Å². The number of hydrazone groups is 2. The molecule has 126 valence electrons. The first kappa shape index (κ1) is 22.6. The van der Waals surface area contributed by atoms with E-state index in [1.54, 1.807) is 0 Å². The lowest BCUT2D eigenvalue weighted by Gasteiger charge is -1.85. The molecule has 0 heterocycles. The molecule has 2 aromatic rings. The van der Waals surface area contributed by atoms with Gasteiger partial charge in [0.05, 0.1) is 0 Å². The highest BCUT2D eigenvalue weighted by Gasteiger charge is 1.75. The number of nitrogens with two attached hydrogens (primary N) is 2. The molecule has 0 aliphatic rings. The molecule has 24 heavy (non-hydrogen) atoms. The molecule has 0 unspecified atom stereocenters. The fraction of sp³-hybridized carbons (Fsp3) is 0. The smallest absolute Gasteiger partial charge is 0.156 e. The maximum atomic E-state index is 6.00. The zero-order valence-corrected chi connectivity index (χ0v) is 13.2. The summed E-state index contributed by atoms with van der Waals surface area (Å²) < 4.78 is 0. The molecule has 0 saturated carbocycles. The first-order valence-electron chi connectivity index (χ1n) is 6.60. The molecule has 6 N–H and O–H groups in total. The Balaban J connectivity index is 0. The molecule has 8 heteroatoms. The minimum atomic E-state index is 0.944. The first-order valence-corrected chi connectivity index (χ1v) is 6.60. The van der Waals surface area contributed by atoms with Gasteiger partial charge < -0.3 is 11.7 Å². The Morgan fingerprint density at radius 2 is 1.04 bits per heavy atom. The molecule has 0 amide bonds. The quantitative estimate of drug-likeness (QED) is 0.223. The molecule has 0 fully saturated rings. The summed E-state index contributed by atoms with van der Waals surface area (Å²) in [5.74, 6) is 8.99. The van der Waals surface area contributed by atoms with E-state index in [-0.39, 0.29) is 0 Å². The monoisotopic (exact) mass is 326 g/mol. The van der Waals surface area contributed by atoms with Crippen LogP contribution in [0.3, 0.4) is 0 Å². The van der Waals surface area contributed by atoms with E-state index in [1.165, 1.54) is 5.56 Å². The Morgan fingerprint density at radius 3 is 1.21 bits per heavy atom.